The minimum absolute atomic E-state index is 0.148. The van der Waals surface area contributed by atoms with Crippen molar-refractivity contribution in [1.82, 2.24) is 15.5 Å². The Morgan fingerprint density at radius 1 is 1.50 bits per heavy atom. The summed E-state index contributed by atoms with van der Waals surface area (Å²) in [6.45, 7) is 4.63. The summed E-state index contributed by atoms with van der Waals surface area (Å²) in [5, 5.41) is 11.3. The molecular weight excluding hydrogens is 244 g/mol. The van der Waals surface area contributed by atoms with Crippen LogP contribution in [0.5, 0.6) is 0 Å². The van der Waals surface area contributed by atoms with Gasteiger partial charge >= 0.3 is 6.03 Å². The summed E-state index contributed by atoms with van der Waals surface area (Å²) in [6, 6.07) is -0.148. The van der Waals surface area contributed by atoms with Gasteiger partial charge in [0.2, 0.25) is 5.13 Å². The van der Waals surface area contributed by atoms with Crippen LogP contribution in [0.1, 0.15) is 20.3 Å². The van der Waals surface area contributed by atoms with Gasteiger partial charge in [-0.15, -0.1) is 10.2 Å². The predicted molar refractivity (Wildman–Crippen MR) is 68.4 cm³/mol. The third-order valence-corrected chi connectivity index (χ3v) is 4.12. The molecule has 1 aromatic rings. The molecule has 0 aliphatic heterocycles. The van der Waals surface area contributed by atoms with E-state index >= 15 is 0 Å². The second kappa shape index (κ2) is 6.70. The fourth-order valence-electron chi connectivity index (χ4n) is 1.06. The summed E-state index contributed by atoms with van der Waals surface area (Å²) in [5.74, 6) is 1.03. The summed E-state index contributed by atoms with van der Waals surface area (Å²) in [6.07, 6.45) is 1.10. The van der Waals surface area contributed by atoms with Crippen molar-refractivity contribution in [3.8, 4) is 0 Å². The first-order chi connectivity index (χ1) is 7.72. The zero-order valence-corrected chi connectivity index (χ0v) is 11.3. The van der Waals surface area contributed by atoms with Crippen LogP contribution in [-0.2, 0) is 0 Å². The second-order valence-electron chi connectivity index (χ2n) is 3.00. The number of amides is 2. The summed E-state index contributed by atoms with van der Waals surface area (Å²) in [7, 11) is 1.61. The van der Waals surface area contributed by atoms with Gasteiger partial charge in [0.25, 0.3) is 0 Å². The monoisotopic (exact) mass is 260 g/mol. The van der Waals surface area contributed by atoms with Crippen molar-refractivity contribution in [2.45, 2.75) is 24.6 Å². The lowest BCUT2D eigenvalue weighted by atomic mass is 10.6. The third-order valence-electron chi connectivity index (χ3n) is 1.83. The van der Waals surface area contributed by atoms with E-state index in [4.69, 9.17) is 0 Å². The molecule has 0 atom stereocenters. The van der Waals surface area contributed by atoms with Crippen LogP contribution < -0.4 is 10.2 Å². The van der Waals surface area contributed by atoms with Crippen LogP contribution in [0.2, 0.25) is 0 Å². The number of anilines is 1. The maximum Gasteiger partial charge on any atom is 0.323 e. The average Bonchev–Trinajstić information content (AvgIpc) is 2.75. The van der Waals surface area contributed by atoms with Crippen LogP contribution in [0.3, 0.4) is 0 Å². The van der Waals surface area contributed by atoms with E-state index in [0.29, 0.717) is 11.7 Å². The Morgan fingerprint density at radius 3 is 2.81 bits per heavy atom. The molecule has 7 heteroatoms. The Morgan fingerprint density at radius 2 is 2.25 bits per heavy atom. The molecule has 0 saturated carbocycles. The van der Waals surface area contributed by atoms with E-state index in [0.717, 1.165) is 16.5 Å². The SMILES string of the molecule is CCCSc1nnc(N(CC)C(=O)NC)s1. The molecule has 0 aromatic carbocycles. The molecule has 0 radical (unpaired) electrons. The van der Waals surface area contributed by atoms with Crippen LogP contribution >= 0.6 is 23.1 Å². The van der Waals surface area contributed by atoms with Crippen LogP contribution in [0, 0.1) is 0 Å². The molecule has 16 heavy (non-hydrogen) atoms. The first-order valence-electron chi connectivity index (χ1n) is 5.18. The lowest BCUT2D eigenvalue weighted by Crippen LogP contribution is -2.37. The Labute approximate surface area is 104 Å². The molecule has 0 aliphatic carbocycles. The second-order valence-corrected chi connectivity index (χ2v) is 5.30. The van der Waals surface area contributed by atoms with Gasteiger partial charge in [-0.3, -0.25) is 4.90 Å². The zero-order valence-electron chi connectivity index (χ0n) is 9.69. The molecule has 5 nitrogen and oxygen atoms in total. The first-order valence-corrected chi connectivity index (χ1v) is 6.98. The van der Waals surface area contributed by atoms with E-state index in [2.05, 4.69) is 22.4 Å². The Kier molecular flexibility index (Phi) is 5.54. The summed E-state index contributed by atoms with van der Waals surface area (Å²) in [4.78, 5) is 13.1. The van der Waals surface area contributed by atoms with Gasteiger partial charge in [-0.25, -0.2) is 4.79 Å². The molecule has 1 aromatic heterocycles. The van der Waals surface area contributed by atoms with E-state index in [9.17, 15) is 4.79 Å². The van der Waals surface area contributed by atoms with Crippen molar-refractivity contribution in [2.24, 2.45) is 0 Å². The lowest BCUT2D eigenvalue weighted by Gasteiger charge is -2.15. The number of nitrogens with one attached hydrogen (secondary N) is 1. The van der Waals surface area contributed by atoms with Crippen molar-refractivity contribution in [2.75, 3.05) is 24.2 Å². The minimum atomic E-state index is -0.148. The highest BCUT2D eigenvalue weighted by molar-refractivity contribution is 8.01. The van der Waals surface area contributed by atoms with E-state index in [1.165, 1.54) is 11.3 Å². The van der Waals surface area contributed by atoms with E-state index < -0.39 is 0 Å². The van der Waals surface area contributed by atoms with Crippen molar-refractivity contribution in [3.05, 3.63) is 0 Å². The molecule has 0 spiro atoms. The highest BCUT2D eigenvalue weighted by Crippen LogP contribution is 2.28. The van der Waals surface area contributed by atoms with Crippen molar-refractivity contribution in [1.29, 1.82) is 0 Å². The highest BCUT2D eigenvalue weighted by Gasteiger charge is 2.16. The van der Waals surface area contributed by atoms with Crippen molar-refractivity contribution in [3.63, 3.8) is 0 Å². The fourth-order valence-corrected chi connectivity index (χ4v) is 2.89. The lowest BCUT2D eigenvalue weighted by molar-refractivity contribution is 0.248. The molecule has 0 bridgehead atoms. The van der Waals surface area contributed by atoms with Gasteiger partial charge in [0, 0.05) is 19.3 Å². The summed E-state index contributed by atoms with van der Waals surface area (Å²) >= 11 is 3.13. The summed E-state index contributed by atoms with van der Waals surface area (Å²) in [5.41, 5.74) is 0. The molecule has 1 rings (SSSR count). The topological polar surface area (TPSA) is 58.1 Å². The molecule has 0 saturated heterocycles. The van der Waals surface area contributed by atoms with Crippen LogP contribution in [0.25, 0.3) is 0 Å². The molecule has 0 aliphatic rings. The molecule has 0 unspecified atom stereocenters. The Bertz CT molecular complexity index is 342. The molecule has 1 N–H and O–H groups in total. The number of urea groups is 1. The number of rotatable bonds is 5. The smallest absolute Gasteiger partial charge is 0.323 e. The quantitative estimate of drug-likeness (QED) is 0.651. The average molecular weight is 260 g/mol. The van der Waals surface area contributed by atoms with Crippen molar-refractivity contribution >= 4 is 34.3 Å². The Hall–Kier alpha value is -0.820. The van der Waals surface area contributed by atoms with Gasteiger partial charge in [0.1, 0.15) is 0 Å². The number of hydrogen-bond donors (Lipinski definition) is 1. The molecule has 90 valence electrons. The van der Waals surface area contributed by atoms with Gasteiger partial charge in [-0.05, 0) is 13.3 Å². The fraction of sp³-hybridized carbons (Fsp3) is 0.667. The Balaban J connectivity index is 2.70. The number of thioether (sulfide) groups is 1. The standard InChI is InChI=1S/C9H16N4OS2/c1-4-6-15-9-12-11-8(16-9)13(5-2)7(14)10-3/h4-6H2,1-3H3,(H,10,14). The number of aromatic nitrogens is 2. The normalized spacial score (nSPS) is 10.2. The zero-order chi connectivity index (χ0) is 12.0. The number of carbonyl (C=O) groups excluding carboxylic acids is 1. The first kappa shape index (κ1) is 13.2. The van der Waals surface area contributed by atoms with Gasteiger partial charge in [0.05, 0.1) is 0 Å². The van der Waals surface area contributed by atoms with Crippen molar-refractivity contribution < 1.29 is 4.79 Å². The van der Waals surface area contributed by atoms with Gasteiger partial charge in [-0.2, -0.15) is 0 Å². The predicted octanol–water partition coefficient (Wildman–Crippen LogP) is 2.21. The van der Waals surface area contributed by atoms with E-state index in [1.807, 2.05) is 6.92 Å². The number of hydrogen-bond acceptors (Lipinski definition) is 5. The molecule has 1 heterocycles. The maximum atomic E-state index is 11.5. The number of carbonyl (C=O) groups is 1. The van der Waals surface area contributed by atoms with Gasteiger partial charge < -0.3 is 5.32 Å². The minimum Gasteiger partial charge on any atom is -0.341 e. The van der Waals surface area contributed by atoms with Crippen LogP contribution in [0.15, 0.2) is 4.34 Å². The van der Waals surface area contributed by atoms with Gasteiger partial charge in [-0.1, -0.05) is 30.0 Å². The summed E-state index contributed by atoms with van der Waals surface area (Å²) < 4.78 is 0.916. The van der Waals surface area contributed by atoms with Gasteiger partial charge in [0.15, 0.2) is 4.34 Å². The largest absolute Gasteiger partial charge is 0.341 e. The van der Waals surface area contributed by atoms with E-state index in [-0.39, 0.29) is 6.03 Å². The maximum absolute atomic E-state index is 11.5. The molecular formula is C9H16N4OS2. The molecule has 2 amide bonds. The highest BCUT2D eigenvalue weighted by atomic mass is 32.2. The van der Waals surface area contributed by atoms with Crippen LogP contribution in [0.4, 0.5) is 9.93 Å². The molecule has 0 fully saturated rings. The van der Waals surface area contributed by atoms with Crippen LogP contribution in [-0.4, -0.2) is 35.6 Å². The number of nitrogens with zero attached hydrogens (tertiary/aromatic N) is 3. The van der Waals surface area contributed by atoms with E-state index in [1.54, 1.807) is 23.7 Å². The third kappa shape index (κ3) is 3.34.